The molecule has 1 heterocycles. The van der Waals surface area contributed by atoms with Gasteiger partial charge in [-0.05, 0) is 32.1 Å². The molecule has 3 heteroatoms. The number of hydrogen-bond acceptors (Lipinski definition) is 3. The molecule has 0 amide bonds. The number of carbonyl (C=O) groups is 2. The van der Waals surface area contributed by atoms with Gasteiger partial charge in [0.1, 0.15) is 0 Å². The molecule has 1 saturated heterocycles. The van der Waals surface area contributed by atoms with Crippen LogP contribution in [0.2, 0.25) is 0 Å². The van der Waals surface area contributed by atoms with Gasteiger partial charge in [0.2, 0.25) is 0 Å². The quantitative estimate of drug-likeness (QED) is 0.0888. The SMILES string of the molecule is CCCCCCCC/C=C\CCCCCCCCCCCCC1CC(=O)OC1=O. The zero-order valence-corrected chi connectivity index (χ0v) is 19.1. The summed E-state index contributed by atoms with van der Waals surface area (Å²) in [6.45, 7) is 2.27. The summed E-state index contributed by atoms with van der Waals surface area (Å²) in [5.74, 6) is -0.805. The highest BCUT2D eigenvalue weighted by molar-refractivity contribution is 5.94. The van der Waals surface area contributed by atoms with E-state index in [-0.39, 0.29) is 17.9 Å². The Balaban J connectivity index is 1.72. The van der Waals surface area contributed by atoms with Crippen LogP contribution in [0, 0.1) is 5.92 Å². The van der Waals surface area contributed by atoms with Gasteiger partial charge in [-0.2, -0.15) is 0 Å². The molecule has 0 spiro atoms. The summed E-state index contributed by atoms with van der Waals surface area (Å²) in [6, 6.07) is 0. The van der Waals surface area contributed by atoms with E-state index in [4.69, 9.17) is 0 Å². The van der Waals surface area contributed by atoms with Crippen molar-refractivity contribution in [1.29, 1.82) is 0 Å². The van der Waals surface area contributed by atoms with E-state index < -0.39 is 0 Å². The zero-order valence-electron chi connectivity index (χ0n) is 19.1. The van der Waals surface area contributed by atoms with Crippen LogP contribution >= 0.6 is 0 Å². The van der Waals surface area contributed by atoms with Crippen LogP contribution in [0.4, 0.5) is 0 Å². The topological polar surface area (TPSA) is 43.4 Å². The van der Waals surface area contributed by atoms with Crippen molar-refractivity contribution in [3.63, 3.8) is 0 Å². The Morgan fingerprint density at radius 2 is 1.14 bits per heavy atom. The largest absolute Gasteiger partial charge is 0.393 e. The Bertz CT molecular complexity index is 441. The van der Waals surface area contributed by atoms with Gasteiger partial charge in [-0.1, -0.05) is 109 Å². The lowest BCUT2D eigenvalue weighted by molar-refractivity contribution is -0.153. The van der Waals surface area contributed by atoms with Crippen LogP contribution in [0.5, 0.6) is 0 Å². The summed E-state index contributed by atoms with van der Waals surface area (Å²) in [7, 11) is 0. The summed E-state index contributed by atoms with van der Waals surface area (Å²) >= 11 is 0. The zero-order chi connectivity index (χ0) is 21.0. The summed E-state index contributed by atoms with van der Waals surface area (Å²) in [5.41, 5.74) is 0. The first-order valence-corrected chi connectivity index (χ1v) is 12.6. The predicted molar refractivity (Wildman–Crippen MR) is 122 cm³/mol. The Labute approximate surface area is 180 Å². The molecule has 3 nitrogen and oxygen atoms in total. The molecule has 1 rings (SSSR count). The number of ether oxygens (including phenoxy) is 1. The second kappa shape index (κ2) is 18.9. The molecular weight excluding hydrogens is 360 g/mol. The third-order valence-electron chi connectivity index (χ3n) is 6.03. The van der Waals surface area contributed by atoms with Gasteiger partial charge in [0.15, 0.2) is 0 Å². The van der Waals surface area contributed by atoms with Crippen LogP contribution in [-0.4, -0.2) is 11.9 Å². The summed E-state index contributed by atoms with van der Waals surface area (Å²) in [4.78, 5) is 22.4. The second-order valence-electron chi connectivity index (χ2n) is 8.83. The molecule has 1 aliphatic heterocycles. The molecule has 29 heavy (non-hydrogen) atoms. The first-order valence-electron chi connectivity index (χ1n) is 12.6. The normalized spacial score (nSPS) is 16.8. The first kappa shape index (κ1) is 25.9. The summed E-state index contributed by atoms with van der Waals surface area (Å²) in [6.07, 6.45) is 29.7. The lowest BCUT2D eigenvalue weighted by Gasteiger charge is -2.04. The maximum absolute atomic E-state index is 11.4. The minimum absolute atomic E-state index is 0.159. The maximum Gasteiger partial charge on any atom is 0.317 e. The standard InChI is InChI=1S/C26H46O3/c1-2-3-4-5-6-7-8-9-10-11-12-13-14-15-16-17-18-19-20-21-22-24-23-25(27)29-26(24)28/h9-10,24H,2-8,11-23H2,1H3/b10-9-. The van der Waals surface area contributed by atoms with Crippen LogP contribution in [0.3, 0.4) is 0 Å². The van der Waals surface area contributed by atoms with Gasteiger partial charge in [-0.25, -0.2) is 0 Å². The average Bonchev–Trinajstić information content (AvgIpc) is 3.03. The lowest BCUT2D eigenvalue weighted by atomic mass is 9.98. The molecule has 1 aliphatic rings. The van der Waals surface area contributed by atoms with Crippen molar-refractivity contribution in [3.05, 3.63) is 12.2 Å². The molecule has 168 valence electrons. The van der Waals surface area contributed by atoms with Crippen molar-refractivity contribution >= 4 is 11.9 Å². The molecule has 1 unspecified atom stereocenters. The first-order chi connectivity index (χ1) is 14.2. The Morgan fingerprint density at radius 1 is 0.690 bits per heavy atom. The third-order valence-corrected chi connectivity index (χ3v) is 6.03. The molecule has 0 N–H and O–H groups in total. The number of allylic oxidation sites excluding steroid dienone is 2. The third kappa shape index (κ3) is 15.4. The van der Waals surface area contributed by atoms with Crippen molar-refractivity contribution < 1.29 is 14.3 Å². The van der Waals surface area contributed by atoms with Gasteiger partial charge in [0.05, 0.1) is 12.3 Å². The minimum Gasteiger partial charge on any atom is -0.393 e. The molecule has 0 aromatic carbocycles. The summed E-state index contributed by atoms with van der Waals surface area (Å²) < 4.78 is 4.59. The van der Waals surface area contributed by atoms with Gasteiger partial charge < -0.3 is 4.74 Å². The minimum atomic E-state index is -0.343. The molecule has 0 radical (unpaired) electrons. The van der Waals surface area contributed by atoms with Crippen molar-refractivity contribution in [2.75, 3.05) is 0 Å². The van der Waals surface area contributed by atoms with Crippen LogP contribution in [-0.2, 0) is 14.3 Å². The van der Waals surface area contributed by atoms with Gasteiger partial charge >= 0.3 is 11.9 Å². The van der Waals surface area contributed by atoms with Gasteiger partial charge in [-0.15, -0.1) is 0 Å². The number of esters is 2. The molecule has 0 aromatic heterocycles. The second-order valence-corrected chi connectivity index (χ2v) is 8.83. The van der Waals surface area contributed by atoms with Gasteiger partial charge in [0, 0.05) is 0 Å². The molecule has 0 bridgehead atoms. The van der Waals surface area contributed by atoms with E-state index in [0.29, 0.717) is 6.42 Å². The highest BCUT2D eigenvalue weighted by Gasteiger charge is 2.32. The van der Waals surface area contributed by atoms with Crippen LogP contribution in [0.15, 0.2) is 12.2 Å². The molecule has 0 aromatic rings. The molecule has 1 atom stereocenters. The van der Waals surface area contributed by atoms with E-state index in [9.17, 15) is 9.59 Å². The van der Waals surface area contributed by atoms with Gasteiger partial charge in [0.25, 0.3) is 0 Å². The van der Waals surface area contributed by atoms with E-state index in [1.165, 1.54) is 109 Å². The molecule has 0 saturated carbocycles. The van der Waals surface area contributed by atoms with E-state index in [1.807, 2.05) is 0 Å². The fourth-order valence-electron chi connectivity index (χ4n) is 4.09. The van der Waals surface area contributed by atoms with Gasteiger partial charge in [-0.3, -0.25) is 9.59 Å². The fraction of sp³-hybridized carbons (Fsp3) is 0.846. The number of unbranched alkanes of at least 4 members (excludes halogenated alkanes) is 16. The smallest absolute Gasteiger partial charge is 0.317 e. The highest BCUT2D eigenvalue weighted by atomic mass is 16.6. The predicted octanol–water partition coefficient (Wildman–Crippen LogP) is 8.06. The van der Waals surface area contributed by atoms with E-state index in [2.05, 4.69) is 23.8 Å². The number of hydrogen-bond donors (Lipinski definition) is 0. The Hall–Kier alpha value is -1.12. The Morgan fingerprint density at radius 3 is 1.59 bits per heavy atom. The Kier molecular flexibility index (Phi) is 16.9. The van der Waals surface area contributed by atoms with Crippen molar-refractivity contribution in [2.45, 2.75) is 135 Å². The van der Waals surface area contributed by atoms with E-state index in [0.717, 1.165) is 12.8 Å². The highest BCUT2D eigenvalue weighted by Crippen LogP contribution is 2.22. The van der Waals surface area contributed by atoms with Crippen LogP contribution in [0.25, 0.3) is 0 Å². The summed E-state index contributed by atoms with van der Waals surface area (Å²) in [5, 5.41) is 0. The van der Waals surface area contributed by atoms with E-state index >= 15 is 0 Å². The number of cyclic esters (lactones) is 2. The average molecular weight is 407 g/mol. The van der Waals surface area contributed by atoms with Crippen molar-refractivity contribution in [2.24, 2.45) is 5.92 Å². The maximum atomic E-state index is 11.4. The van der Waals surface area contributed by atoms with Crippen molar-refractivity contribution in [1.82, 2.24) is 0 Å². The molecule has 1 fully saturated rings. The number of carbonyl (C=O) groups excluding carboxylic acids is 2. The van der Waals surface area contributed by atoms with Crippen molar-refractivity contribution in [3.8, 4) is 0 Å². The number of rotatable bonds is 20. The van der Waals surface area contributed by atoms with E-state index in [1.54, 1.807) is 0 Å². The molecule has 0 aliphatic carbocycles. The monoisotopic (exact) mass is 406 g/mol. The lowest BCUT2D eigenvalue weighted by Crippen LogP contribution is -2.06. The van der Waals surface area contributed by atoms with Crippen LogP contribution in [0.1, 0.15) is 135 Å². The fourth-order valence-corrected chi connectivity index (χ4v) is 4.09. The van der Waals surface area contributed by atoms with Crippen LogP contribution < -0.4 is 0 Å². The molecular formula is C26H46O3.